The first-order chi connectivity index (χ1) is 10.1. The summed E-state index contributed by atoms with van der Waals surface area (Å²) in [6.45, 7) is 4.58. The van der Waals surface area contributed by atoms with E-state index in [1.54, 1.807) is 14.2 Å². The quantitative estimate of drug-likeness (QED) is 0.779. The van der Waals surface area contributed by atoms with E-state index in [1.165, 1.54) is 0 Å². The average molecular weight is 354 g/mol. The van der Waals surface area contributed by atoms with Crippen molar-refractivity contribution in [3.05, 3.63) is 27.7 Å². The number of methoxy groups -OCH3 is 2. The van der Waals surface area contributed by atoms with E-state index in [4.69, 9.17) is 9.47 Å². The average Bonchev–Trinajstić information content (AvgIpc) is 2.48. The number of Topliss-reactive ketones (excluding diaryl/α,β-unsaturated/α-hetero) is 1. The van der Waals surface area contributed by atoms with Crippen LogP contribution >= 0.6 is 15.9 Å². The molecule has 0 aliphatic carbocycles. The number of carbonyl (C=O) groups excluding carboxylic acids is 1. The molecule has 0 amide bonds. The van der Waals surface area contributed by atoms with Crippen molar-refractivity contribution >= 4 is 27.8 Å². The van der Waals surface area contributed by atoms with Crippen LogP contribution in [0.4, 0.5) is 0 Å². The molecule has 0 spiro atoms. The SMILES string of the molecule is CCN1CCC(=O)/C(=C/c2cc(Br)cc(OC)c2OC)C1. The number of hydrogen-bond acceptors (Lipinski definition) is 4. The van der Waals surface area contributed by atoms with Crippen LogP contribution in [0, 0.1) is 0 Å². The number of likely N-dealkylation sites (tertiary alicyclic amines) is 1. The van der Waals surface area contributed by atoms with Crippen molar-refractivity contribution in [2.24, 2.45) is 0 Å². The van der Waals surface area contributed by atoms with Crippen LogP contribution in [-0.2, 0) is 4.79 Å². The summed E-state index contributed by atoms with van der Waals surface area (Å²) in [6, 6.07) is 3.79. The van der Waals surface area contributed by atoms with Gasteiger partial charge in [0.2, 0.25) is 0 Å². The Morgan fingerprint density at radius 3 is 2.71 bits per heavy atom. The van der Waals surface area contributed by atoms with Gasteiger partial charge in [-0.25, -0.2) is 0 Å². The summed E-state index contributed by atoms with van der Waals surface area (Å²) in [4.78, 5) is 14.4. The number of ketones is 1. The first-order valence-electron chi connectivity index (χ1n) is 6.96. The maximum atomic E-state index is 12.1. The van der Waals surface area contributed by atoms with E-state index in [9.17, 15) is 4.79 Å². The van der Waals surface area contributed by atoms with E-state index in [-0.39, 0.29) is 5.78 Å². The highest BCUT2D eigenvalue weighted by atomic mass is 79.9. The molecule has 1 fully saturated rings. The van der Waals surface area contributed by atoms with Gasteiger partial charge in [0.05, 0.1) is 14.2 Å². The van der Waals surface area contributed by atoms with Gasteiger partial charge in [-0.2, -0.15) is 0 Å². The highest BCUT2D eigenvalue weighted by Gasteiger charge is 2.21. The molecule has 0 bridgehead atoms. The monoisotopic (exact) mass is 353 g/mol. The van der Waals surface area contributed by atoms with E-state index < -0.39 is 0 Å². The Kier molecular flexibility index (Phi) is 5.42. The summed E-state index contributed by atoms with van der Waals surface area (Å²) in [7, 11) is 3.21. The van der Waals surface area contributed by atoms with Crippen molar-refractivity contribution in [3.63, 3.8) is 0 Å². The number of ether oxygens (including phenoxy) is 2. The van der Waals surface area contributed by atoms with Crippen LogP contribution in [0.3, 0.4) is 0 Å². The molecule has 1 heterocycles. The number of likely N-dealkylation sites (N-methyl/N-ethyl adjacent to an activating group) is 1. The van der Waals surface area contributed by atoms with Crippen LogP contribution in [0.5, 0.6) is 11.5 Å². The van der Waals surface area contributed by atoms with Crippen LogP contribution in [0.1, 0.15) is 18.9 Å². The van der Waals surface area contributed by atoms with E-state index in [0.29, 0.717) is 24.5 Å². The first kappa shape index (κ1) is 16.0. The van der Waals surface area contributed by atoms with Crippen LogP contribution in [0.2, 0.25) is 0 Å². The Balaban J connectivity index is 2.43. The van der Waals surface area contributed by atoms with Gasteiger partial charge in [-0.05, 0) is 24.8 Å². The summed E-state index contributed by atoms with van der Waals surface area (Å²) >= 11 is 3.46. The summed E-state index contributed by atoms with van der Waals surface area (Å²) < 4.78 is 11.7. The van der Waals surface area contributed by atoms with E-state index >= 15 is 0 Å². The topological polar surface area (TPSA) is 38.8 Å². The van der Waals surface area contributed by atoms with Gasteiger partial charge in [-0.1, -0.05) is 22.9 Å². The van der Waals surface area contributed by atoms with Crippen molar-refractivity contribution in [1.82, 2.24) is 4.90 Å². The van der Waals surface area contributed by atoms with E-state index in [0.717, 1.165) is 28.7 Å². The lowest BCUT2D eigenvalue weighted by Crippen LogP contribution is -2.35. The largest absolute Gasteiger partial charge is 0.493 e. The summed E-state index contributed by atoms with van der Waals surface area (Å²) in [5.41, 5.74) is 1.67. The molecule has 114 valence electrons. The number of piperidine rings is 1. The molecule has 21 heavy (non-hydrogen) atoms. The maximum Gasteiger partial charge on any atom is 0.168 e. The second-order valence-corrected chi connectivity index (χ2v) is 5.86. The molecule has 1 aromatic rings. The normalized spacial score (nSPS) is 18.1. The summed E-state index contributed by atoms with van der Waals surface area (Å²) in [6.07, 6.45) is 2.49. The van der Waals surface area contributed by atoms with Crippen molar-refractivity contribution in [1.29, 1.82) is 0 Å². The molecule has 2 rings (SSSR count). The molecule has 1 aliphatic heterocycles. The lowest BCUT2D eigenvalue weighted by Gasteiger charge is -2.26. The molecule has 0 radical (unpaired) electrons. The third-order valence-corrected chi connectivity index (χ3v) is 4.11. The Morgan fingerprint density at radius 1 is 1.33 bits per heavy atom. The third kappa shape index (κ3) is 3.66. The predicted octanol–water partition coefficient (Wildman–Crippen LogP) is 3.14. The molecule has 1 aromatic carbocycles. The third-order valence-electron chi connectivity index (χ3n) is 3.66. The summed E-state index contributed by atoms with van der Waals surface area (Å²) in [5.74, 6) is 1.50. The highest BCUT2D eigenvalue weighted by molar-refractivity contribution is 9.10. The molecule has 0 saturated carbocycles. The Labute approximate surface area is 133 Å². The van der Waals surface area contributed by atoms with Gasteiger partial charge in [0.15, 0.2) is 17.3 Å². The van der Waals surface area contributed by atoms with Crippen LogP contribution in [-0.4, -0.2) is 44.5 Å². The molecule has 0 aromatic heterocycles. The molecule has 0 N–H and O–H groups in total. The van der Waals surface area contributed by atoms with E-state index in [1.807, 2.05) is 18.2 Å². The Morgan fingerprint density at radius 2 is 2.10 bits per heavy atom. The predicted molar refractivity (Wildman–Crippen MR) is 87.0 cm³/mol. The van der Waals surface area contributed by atoms with Crippen molar-refractivity contribution in [3.8, 4) is 11.5 Å². The molecular formula is C16H20BrNO3. The van der Waals surface area contributed by atoms with Gasteiger partial charge in [-0.3, -0.25) is 9.69 Å². The van der Waals surface area contributed by atoms with Crippen LogP contribution < -0.4 is 9.47 Å². The van der Waals surface area contributed by atoms with Crippen molar-refractivity contribution in [2.45, 2.75) is 13.3 Å². The minimum Gasteiger partial charge on any atom is -0.493 e. The Bertz CT molecular complexity index is 569. The van der Waals surface area contributed by atoms with Gasteiger partial charge >= 0.3 is 0 Å². The minimum absolute atomic E-state index is 0.209. The number of rotatable bonds is 4. The van der Waals surface area contributed by atoms with Crippen LogP contribution in [0.25, 0.3) is 6.08 Å². The fraction of sp³-hybridized carbons (Fsp3) is 0.438. The van der Waals surface area contributed by atoms with Crippen molar-refractivity contribution < 1.29 is 14.3 Å². The number of hydrogen-bond donors (Lipinski definition) is 0. The lowest BCUT2D eigenvalue weighted by atomic mass is 10.00. The highest BCUT2D eigenvalue weighted by Crippen LogP contribution is 2.36. The maximum absolute atomic E-state index is 12.1. The summed E-state index contributed by atoms with van der Waals surface area (Å²) in [5, 5.41) is 0. The van der Waals surface area contributed by atoms with Gasteiger partial charge in [-0.15, -0.1) is 0 Å². The zero-order valence-electron chi connectivity index (χ0n) is 12.6. The first-order valence-corrected chi connectivity index (χ1v) is 7.76. The second-order valence-electron chi connectivity index (χ2n) is 4.94. The van der Waals surface area contributed by atoms with Gasteiger partial charge in [0, 0.05) is 35.1 Å². The molecule has 1 saturated heterocycles. The lowest BCUT2D eigenvalue weighted by molar-refractivity contribution is -0.117. The number of halogens is 1. The molecule has 0 unspecified atom stereocenters. The number of nitrogens with zero attached hydrogens (tertiary/aromatic N) is 1. The fourth-order valence-corrected chi connectivity index (χ4v) is 2.93. The van der Waals surface area contributed by atoms with Gasteiger partial charge < -0.3 is 9.47 Å². The fourth-order valence-electron chi connectivity index (χ4n) is 2.48. The smallest absolute Gasteiger partial charge is 0.168 e. The molecule has 1 aliphatic rings. The standard InChI is InChI=1S/C16H20BrNO3/c1-4-18-6-5-14(19)12(10-18)7-11-8-13(17)9-15(20-2)16(11)21-3/h7-9H,4-6,10H2,1-3H3/b12-7+. The zero-order valence-corrected chi connectivity index (χ0v) is 14.2. The minimum atomic E-state index is 0.209. The molecule has 0 atom stereocenters. The van der Waals surface area contributed by atoms with Gasteiger partial charge in [0.1, 0.15) is 0 Å². The second kappa shape index (κ2) is 7.09. The van der Waals surface area contributed by atoms with Crippen molar-refractivity contribution in [2.75, 3.05) is 33.9 Å². The van der Waals surface area contributed by atoms with Crippen LogP contribution in [0.15, 0.2) is 22.2 Å². The Hall–Kier alpha value is -1.33. The molecule has 5 heteroatoms. The molecule has 4 nitrogen and oxygen atoms in total. The zero-order chi connectivity index (χ0) is 15.4. The van der Waals surface area contributed by atoms with Gasteiger partial charge in [0.25, 0.3) is 0 Å². The number of carbonyl (C=O) groups is 1. The number of benzene rings is 1. The van der Waals surface area contributed by atoms with E-state index in [2.05, 4.69) is 27.8 Å². The molecular weight excluding hydrogens is 334 g/mol.